The number of amides is 1. The number of hydrogen-bond donors (Lipinski definition) is 2. The lowest BCUT2D eigenvalue weighted by Crippen LogP contribution is -2.44. The van der Waals surface area contributed by atoms with Gasteiger partial charge in [-0.2, -0.15) is 0 Å². The zero-order chi connectivity index (χ0) is 12.8. The zero-order valence-corrected chi connectivity index (χ0v) is 10.8. The van der Waals surface area contributed by atoms with Gasteiger partial charge >= 0.3 is 5.97 Å². The minimum atomic E-state index is -0.398. The van der Waals surface area contributed by atoms with E-state index in [1.54, 1.807) is 0 Å². The van der Waals surface area contributed by atoms with Crippen molar-refractivity contribution in [1.29, 1.82) is 0 Å². The summed E-state index contributed by atoms with van der Waals surface area (Å²) >= 11 is 0. The molecule has 0 saturated heterocycles. The van der Waals surface area contributed by atoms with E-state index in [4.69, 9.17) is 4.74 Å². The van der Waals surface area contributed by atoms with Crippen LogP contribution in [-0.2, 0) is 14.3 Å². The van der Waals surface area contributed by atoms with E-state index in [1.807, 2.05) is 13.8 Å². The quantitative estimate of drug-likeness (QED) is 0.636. The fourth-order valence-electron chi connectivity index (χ4n) is 1.60. The maximum absolute atomic E-state index is 11.5. The van der Waals surface area contributed by atoms with Crippen LogP contribution in [0.5, 0.6) is 0 Å². The first kappa shape index (κ1) is 14.0. The second-order valence-electron chi connectivity index (χ2n) is 4.93. The highest BCUT2D eigenvalue weighted by Gasteiger charge is 2.25. The van der Waals surface area contributed by atoms with E-state index >= 15 is 0 Å². The van der Waals surface area contributed by atoms with Gasteiger partial charge in [-0.15, -0.1) is 0 Å². The summed E-state index contributed by atoms with van der Waals surface area (Å²) in [7, 11) is 1.36. The van der Waals surface area contributed by atoms with E-state index in [0.717, 1.165) is 12.8 Å². The monoisotopic (exact) mass is 242 g/mol. The largest absolute Gasteiger partial charge is 0.468 e. The van der Waals surface area contributed by atoms with Gasteiger partial charge < -0.3 is 10.1 Å². The Labute approximate surface area is 102 Å². The zero-order valence-electron chi connectivity index (χ0n) is 10.8. The number of methoxy groups -OCH3 is 1. The molecule has 0 aromatic rings. The average molecular weight is 242 g/mol. The number of rotatable bonds is 7. The van der Waals surface area contributed by atoms with Crippen molar-refractivity contribution in [3.8, 4) is 0 Å². The standard InChI is InChI=1S/C12H22N2O3/c1-8(2)6-10(12(16)17-3)13-7-11(15)14-9-4-5-9/h8-10,13H,4-7H2,1-3H3,(H,14,15). The number of carbonyl (C=O) groups is 2. The van der Waals surface area contributed by atoms with Crippen LogP contribution < -0.4 is 10.6 Å². The molecule has 0 aliphatic heterocycles. The molecule has 0 aromatic heterocycles. The molecule has 0 spiro atoms. The predicted octanol–water partition coefficient (Wildman–Crippen LogP) is 0.442. The van der Waals surface area contributed by atoms with Crippen molar-refractivity contribution in [2.75, 3.05) is 13.7 Å². The van der Waals surface area contributed by atoms with E-state index in [9.17, 15) is 9.59 Å². The molecule has 0 radical (unpaired) electrons. The third-order valence-corrected chi connectivity index (χ3v) is 2.64. The highest BCUT2D eigenvalue weighted by molar-refractivity contribution is 5.80. The van der Waals surface area contributed by atoms with Crippen molar-refractivity contribution in [1.82, 2.24) is 10.6 Å². The molecule has 0 heterocycles. The van der Waals surface area contributed by atoms with Crippen molar-refractivity contribution in [2.45, 2.75) is 45.2 Å². The molecular weight excluding hydrogens is 220 g/mol. The molecule has 1 aliphatic rings. The first-order valence-corrected chi connectivity index (χ1v) is 6.13. The molecule has 17 heavy (non-hydrogen) atoms. The van der Waals surface area contributed by atoms with Crippen LogP contribution in [-0.4, -0.2) is 37.6 Å². The molecule has 1 atom stereocenters. The Morgan fingerprint density at radius 1 is 1.35 bits per heavy atom. The van der Waals surface area contributed by atoms with Crippen LogP contribution in [0.4, 0.5) is 0 Å². The molecule has 2 N–H and O–H groups in total. The molecule has 1 saturated carbocycles. The van der Waals surface area contributed by atoms with Crippen LogP contribution in [0.1, 0.15) is 33.1 Å². The van der Waals surface area contributed by atoms with Gasteiger partial charge in [0.25, 0.3) is 0 Å². The summed E-state index contributed by atoms with van der Waals surface area (Å²) in [5.41, 5.74) is 0. The second-order valence-corrected chi connectivity index (χ2v) is 4.93. The Kier molecular flexibility index (Phi) is 5.41. The van der Waals surface area contributed by atoms with Crippen molar-refractivity contribution in [3.63, 3.8) is 0 Å². The Morgan fingerprint density at radius 2 is 2.00 bits per heavy atom. The van der Waals surface area contributed by atoms with Crippen LogP contribution in [0.25, 0.3) is 0 Å². The minimum absolute atomic E-state index is 0.0508. The van der Waals surface area contributed by atoms with Crippen LogP contribution in [0.15, 0.2) is 0 Å². The summed E-state index contributed by atoms with van der Waals surface area (Å²) in [5.74, 6) is 0.0150. The third-order valence-electron chi connectivity index (χ3n) is 2.64. The van der Waals surface area contributed by atoms with Gasteiger partial charge in [0.1, 0.15) is 6.04 Å². The SMILES string of the molecule is COC(=O)C(CC(C)C)NCC(=O)NC1CC1. The molecule has 1 unspecified atom stereocenters. The predicted molar refractivity (Wildman–Crippen MR) is 64.4 cm³/mol. The lowest BCUT2D eigenvalue weighted by molar-refractivity contribution is -0.143. The van der Waals surface area contributed by atoms with Gasteiger partial charge in [0, 0.05) is 6.04 Å². The lowest BCUT2D eigenvalue weighted by atomic mass is 10.0. The summed E-state index contributed by atoms with van der Waals surface area (Å²) in [5, 5.41) is 5.81. The highest BCUT2D eigenvalue weighted by atomic mass is 16.5. The molecule has 1 aliphatic carbocycles. The van der Waals surface area contributed by atoms with E-state index < -0.39 is 6.04 Å². The molecule has 0 aromatic carbocycles. The van der Waals surface area contributed by atoms with Crippen molar-refractivity contribution in [2.24, 2.45) is 5.92 Å². The van der Waals surface area contributed by atoms with Crippen LogP contribution in [0.2, 0.25) is 0 Å². The van der Waals surface area contributed by atoms with Gasteiger partial charge in [-0.05, 0) is 25.2 Å². The molecule has 1 rings (SSSR count). The smallest absolute Gasteiger partial charge is 0.322 e. The Hall–Kier alpha value is -1.10. The molecule has 1 fully saturated rings. The fourth-order valence-corrected chi connectivity index (χ4v) is 1.60. The van der Waals surface area contributed by atoms with E-state index in [2.05, 4.69) is 10.6 Å². The number of esters is 1. The summed E-state index contributed by atoms with van der Waals surface area (Å²) < 4.78 is 4.71. The molecule has 1 amide bonds. The normalized spacial score (nSPS) is 16.7. The third kappa shape index (κ3) is 5.68. The summed E-state index contributed by atoms with van der Waals surface area (Å²) in [4.78, 5) is 22.9. The molecule has 0 bridgehead atoms. The number of carbonyl (C=O) groups excluding carboxylic acids is 2. The number of ether oxygens (including phenoxy) is 1. The van der Waals surface area contributed by atoms with Gasteiger partial charge in [0.2, 0.25) is 5.91 Å². The summed E-state index contributed by atoms with van der Waals surface area (Å²) in [6.07, 6.45) is 2.81. The Bertz CT molecular complexity index is 275. The van der Waals surface area contributed by atoms with Gasteiger partial charge in [-0.3, -0.25) is 14.9 Å². The van der Waals surface area contributed by atoms with E-state index in [-0.39, 0.29) is 18.4 Å². The van der Waals surface area contributed by atoms with Crippen molar-refractivity contribution < 1.29 is 14.3 Å². The minimum Gasteiger partial charge on any atom is -0.468 e. The van der Waals surface area contributed by atoms with Crippen LogP contribution in [0.3, 0.4) is 0 Å². The van der Waals surface area contributed by atoms with Crippen molar-refractivity contribution >= 4 is 11.9 Å². The molecule has 5 heteroatoms. The van der Waals surface area contributed by atoms with Crippen LogP contribution in [0, 0.1) is 5.92 Å². The lowest BCUT2D eigenvalue weighted by Gasteiger charge is -2.18. The second kappa shape index (κ2) is 6.59. The number of hydrogen-bond acceptors (Lipinski definition) is 4. The van der Waals surface area contributed by atoms with Crippen molar-refractivity contribution in [3.05, 3.63) is 0 Å². The van der Waals surface area contributed by atoms with E-state index in [0.29, 0.717) is 18.4 Å². The van der Waals surface area contributed by atoms with Gasteiger partial charge in [-0.25, -0.2) is 0 Å². The Balaban J connectivity index is 2.30. The van der Waals surface area contributed by atoms with E-state index in [1.165, 1.54) is 7.11 Å². The molecule has 5 nitrogen and oxygen atoms in total. The molecular formula is C12H22N2O3. The maximum atomic E-state index is 11.5. The fraction of sp³-hybridized carbons (Fsp3) is 0.833. The van der Waals surface area contributed by atoms with Gasteiger partial charge in [0.15, 0.2) is 0 Å². The highest BCUT2D eigenvalue weighted by Crippen LogP contribution is 2.18. The topological polar surface area (TPSA) is 67.4 Å². The van der Waals surface area contributed by atoms with Gasteiger partial charge in [-0.1, -0.05) is 13.8 Å². The maximum Gasteiger partial charge on any atom is 0.322 e. The van der Waals surface area contributed by atoms with Crippen LogP contribution >= 0.6 is 0 Å². The Morgan fingerprint density at radius 3 is 2.47 bits per heavy atom. The first-order chi connectivity index (χ1) is 8.02. The van der Waals surface area contributed by atoms with Gasteiger partial charge in [0.05, 0.1) is 13.7 Å². The first-order valence-electron chi connectivity index (χ1n) is 6.13. The average Bonchev–Trinajstić information content (AvgIpc) is 3.06. The molecule has 98 valence electrons. The number of nitrogens with one attached hydrogen (secondary N) is 2. The summed E-state index contributed by atoms with van der Waals surface area (Å²) in [6, 6.07) is -0.0454. The summed E-state index contributed by atoms with van der Waals surface area (Å²) in [6.45, 7) is 4.23.